The molecule has 2 aromatic rings. The average Bonchev–Trinajstić information content (AvgIpc) is 2.93. The Bertz CT molecular complexity index is 679. The zero-order chi connectivity index (χ0) is 15.6. The van der Waals surface area contributed by atoms with E-state index in [2.05, 4.69) is 30.4 Å². The first-order chi connectivity index (χ1) is 9.99. The quantitative estimate of drug-likeness (QED) is 0.786. The van der Waals surface area contributed by atoms with E-state index in [9.17, 15) is 14.0 Å². The molecule has 0 saturated carbocycles. The molecule has 0 aliphatic carbocycles. The van der Waals surface area contributed by atoms with Crippen LogP contribution in [0.2, 0.25) is 0 Å². The minimum atomic E-state index is -0.887. The highest BCUT2D eigenvalue weighted by Gasteiger charge is 2.28. The van der Waals surface area contributed by atoms with E-state index in [4.69, 9.17) is 4.42 Å². The van der Waals surface area contributed by atoms with Gasteiger partial charge >= 0.3 is 11.9 Å². The molecule has 0 fully saturated rings. The Morgan fingerprint density at radius 2 is 1.90 bits per heavy atom. The van der Waals surface area contributed by atoms with Crippen LogP contribution in [0.3, 0.4) is 0 Å². The number of hydrogen-bond acceptors (Lipinski definition) is 6. The van der Waals surface area contributed by atoms with Crippen molar-refractivity contribution < 1.29 is 27.9 Å². The van der Waals surface area contributed by atoms with Gasteiger partial charge in [-0.15, -0.1) is 0 Å². The minimum absolute atomic E-state index is 0.0964. The molecule has 21 heavy (non-hydrogen) atoms. The third kappa shape index (κ3) is 2.80. The highest BCUT2D eigenvalue weighted by atomic mass is 79.9. The SMILES string of the molecule is COC(=O)c1nc(-c2cccc(F)c2Br)oc1C(=O)OC. The van der Waals surface area contributed by atoms with Crippen molar-refractivity contribution in [1.29, 1.82) is 0 Å². The number of oxazole rings is 1. The van der Waals surface area contributed by atoms with Gasteiger partial charge in [-0.2, -0.15) is 0 Å². The monoisotopic (exact) mass is 357 g/mol. The predicted octanol–water partition coefficient (Wildman–Crippen LogP) is 2.82. The first-order valence-corrected chi connectivity index (χ1v) is 6.40. The maximum absolute atomic E-state index is 13.5. The molecule has 110 valence electrons. The van der Waals surface area contributed by atoms with E-state index in [1.165, 1.54) is 18.2 Å². The topological polar surface area (TPSA) is 78.6 Å². The van der Waals surface area contributed by atoms with Crippen molar-refractivity contribution in [1.82, 2.24) is 4.98 Å². The summed E-state index contributed by atoms with van der Waals surface area (Å²) >= 11 is 3.05. The second-order valence-corrected chi connectivity index (χ2v) is 4.57. The number of benzene rings is 1. The summed E-state index contributed by atoms with van der Waals surface area (Å²) in [5.41, 5.74) is -0.0918. The molecule has 2 rings (SSSR count). The molecule has 1 aromatic carbocycles. The van der Waals surface area contributed by atoms with Crippen molar-refractivity contribution in [2.45, 2.75) is 0 Å². The van der Waals surface area contributed by atoms with Crippen LogP contribution < -0.4 is 0 Å². The summed E-state index contributed by atoms with van der Waals surface area (Å²) in [5.74, 6) is -2.80. The van der Waals surface area contributed by atoms with Gasteiger partial charge in [-0.05, 0) is 28.1 Å². The largest absolute Gasteiger partial charge is 0.464 e. The normalized spacial score (nSPS) is 10.3. The predicted molar refractivity (Wildman–Crippen MR) is 72.3 cm³/mol. The van der Waals surface area contributed by atoms with Crippen LogP contribution in [-0.2, 0) is 9.47 Å². The van der Waals surface area contributed by atoms with Gasteiger partial charge < -0.3 is 13.9 Å². The molecule has 0 N–H and O–H groups in total. The summed E-state index contributed by atoms with van der Waals surface area (Å²) in [6, 6.07) is 4.19. The van der Waals surface area contributed by atoms with Gasteiger partial charge in [0, 0.05) is 0 Å². The van der Waals surface area contributed by atoms with Crippen molar-refractivity contribution in [3.8, 4) is 11.5 Å². The van der Waals surface area contributed by atoms with Gasteiger partial charge in [0.05, 0.1) is 24.3 Å². The third-order valence-electron chi connectivity index (χ3n) is 2.56. The summed E-state index contributed by atoms with van der Waals surface area (Å²) < 4.78 is 27.9. The molecule has 0 atom stereocenters. The summed E-state index contributed by atoms with van der Waals surface area (Å²) in [6.45, 7) is 0. The lowest BCUT2D eigenvalue weighted by Gasteiger charge is -2.00. The van der Waals surface area contributed by atoms with Gasteiger partial charge in [0.1, 0.15) is 5.82 Å². The zero-order valence-corrected chi connectivity index (χ0v) is 12.6. The Kier molecular flexibility index (Phi) is 4.37. The number of methoxy groups -OCH3 is 2. The van der Waals surface area contributed by atoms with Crippen molar-refractivity contribution >= 4 is 27.9 Å². The molecule has 0 spiro atoms. The Morgan fingerprint density at radius 3 is 2.52 bits per heavy atom. The van der Waals surface area contributed by atoms with Crippen LogP contribution in [0, 0.1) is 5.82 Å². The molecule has 0 aliphatic heterocycles. The number of rotatable bonds is 3. The van der Waals surface area contributed by atoms with Crippen LogP contribution >= 0.6 is 15.9 Å². The fourth-order valence-corrected chi connectivity index (χ4v) is 2.00. The van der Waals surface area contributed by atoms with E-state index in [0.29, 0.717) is 0 Å². The highest BCUT2D eigenvalue weighted by Crippen LogP contribution is 2.31. The lowest BCUT2D eigenvalue weighted by molar-refractivity contribution is 0.0527. The van der Waals surface area contributed by atoms with Crippen LogP contribution in [0.1, 0.15) is 21.0 Å². The summed E-state index contributed by atoms with van der Waals surface area (Å²) in [6.07, 6.45) is 0. The lowest BCUT2D eigenvalue weighted by Crippen LogP contribution is -2.10. The van der Waals surface area contributed by atoms with Crippen LogP contribution in [0.5, 0.6) is 0 Å². The van der Waals surface area contributed by atoms with Crippen molar-refractivity contribution in [3.05, 3.63) is 39.9 Å². The number of hydrogen-bond donors (Lipinski definition) is 0. The number of nitrogens with zero attached hydrogens (tertiary/aromatic N) is 1. The third-order valence-corrected chi connectivity index (χ3v) is 3.36. The zero-order valence-electron chi connectivity index (χ0n) is 11.0. The van der Waals surface area contributed by atoms with Crippen molar-refractivity contribution in [2.24, 2.45) is 0 Å². The van der Waals surface area contributed by atoms with E-state index < -0.39 is 23.5 Å². The maximum Gasteiger partial charge on any atom is 0.376 e. The Hall–Kier alpha value is -2.22. The molecular formula is C13H9BrFNO5. The van der Waals surface area contributed by atoms with Gasteiger partial charge in [0.15, 0.2) is 0 Å². The number of esters is 2. The number of ether oxygens (including phenoxy) is 2. The number of carbonyl (C=O) groups excluding carboxylic acids is 2. The second kappa shape index (κ2) is 6.04. The van der Waals surface area contributed by atoms with E-state index in [0.717, 1.165) is 14.2 Å². The molecule has 8 heteroatoms. The van der Waals surface area contributed by atoms with Crippen molar-refractivity contribution in [2.75, 3.05) is 14.2 Å². The van der Waals surface area contributed by atoms with E-state index in [1.807, 2.05) is 0 Å². The van der Waals surface area contributed by atoms with Gasteiger partial charge in [0.25, 0.3) is 0 Å². The average molecular weight is 358 g/mol. The molecule has 1 heterocycles. The second-order valence-electron chi connectivity index (χ2n) is 3.78. The molecule has 0 aliphatic rings. The van der Waals surface area contributed by atoms with E-state index in [-0.39, 0.29) is 21.6 Å². The Labute approximate surface area is 127 Å². The Morgan fingerprint density at radius 1 is 1.24 bits per heavy atom. The molecule has 0 saturated heterocycles. The fraction of sp³-hybridized carbons (Fsp3) is 0.154. The molecule has 0 bridgehead atoms. The van der Waals surface area contributed by atoms with Crippen LogP contribution in [-0.4, -0.2) is 31.1 Å². The van der Waals surface area contributed by atoms with Gasteiger partial charge in [-0.1, -0.05) is 6.07 Å². The molecule has 1 aromatic heterocycles. The smallest absolute Gasteiger partial charge is 0.376 e. The highest BCUT2D eigenvalue weighted by molar-refractivity contribution is 9.10. The number of aromatic nitrogens is 1. The first kappa shape index (κ1) is 15.2. The van der Waals surface area contributed by atoms with E-state index in [1.54, 1.807) is 0 Å². The standard InChI is InChI=1S/C13H9BrFNO5/c1-19-12(17)9-10(13(18)20-2)21-11(16-9)6-4-3-5-7(15)8(6)14/h3-5H,1-2H3. The Balaban J connectivity index is 2.61. The van der Waals surface area contributed by atoms with E-state index >= 15 is 0 Å². The van der Waals surface area contributed by atoms with Gasteiger partial charge in [0.2, 0.25) is 17.3 Å². The molecule has 0 amide bonds. The summed E-state index contributed by atoms with van der Waals surface area (Å²) in [7, 11) is 2.26. The van der Waals surface area contributed by atoms with Crippen molar-refractivity contribution in [3.63, 3.8) is 0 Å². The van der Waals surface area contributed by atoms with Crippen LogP contribution in [0.15, 0.2) is 27.1 Å². The van der Waals surface area contributed by atoms with Crippen LogP contribution in [0.25, 0.3) is 11.5 Å². The molecule has 0 unspecified atom stereocenters. The van der Waals surface area contributed by atoms with Gasteiger partial charge in [-0.3, -0.25) is 0 Å². The van der Waals surface area contributed by atoms with Crippen LogP contribution in [0.4, 0.5) is 4.39 Å². The number of carbonyl (C=O) groups is 2. The molecule has 0 radical (unpaired) electrons. The lowest BCUT2D eigenvalue weighted by atomic mass is 10.2. The minimum Gasteiger partial charge on any atom is -0.464 e. The molecular weight excluding hydrogens is 349 g/mol. The van der Waals surface area contributed by atoms with Gasteiger partial charge in [-0.25, -0.2) is 19.0 Å². The first-order valence-electron chi connectivity index (χ1n) is 5.61. The summed E-state index contributed by atoms with van der Waals surface area (Å²) in [4.78, 5) is 27.1. The molecule has 6 nitrogen and oxygen atoms in total. The summed E-state index contributed by atoms with van der Waals surface area (Å²) in [5, 5.41) is 0. The maximum atomic E-state index is 13.5. The number of halogens is 2. The fourth-order valence-electron chi connectivity index (χ4n) is 1.57.